The van der Waals surface area contributed by atoms with Crippen LogP contribution in [0.15, 0.2) is 60.7 Å². The number of nitrogen functional groups attached to an aromatic ring is 1. The molecular weight excluding hydrogens is 225 g/mol. The molecule has 0 aromatic heterocycles. The molecule has 88 valence electrons. The average molecular weight is 237 g/mol. The summed E-state index contributed by atoms with van der Waals surface area (Å²) in [6, 6.07) is 18.4. The van der Waals surface area contributed by atoms with Crippen LogP contribution in [-0.4, -0.2) is 0 Å². The Morgan fingerprint density at radius 2 is 1.50 bits per heavy atom. The number of rotatable bonds is 1. The van der Waals surface area contributed by atoms with Gasteiger partial charge < -0.3 is 5.73 Å². The van der Waals surface area contributed by atoms with Crippen LogP contribution >= 0.6 is 0 Å². The minimum absolute atomic E-state index is 0.202. The first kappa shape index (κ1) is 10.8. The number of anilines is 1. The van der Waals surface area contributed by atoms with Gasteiger partial charge in [0.25, 0.3) is 0 Å². The van der Waals surface area contributed by atoms with Crippen LogP contribution in [0.5, 0.6) is 0 Å². The van der Waals surface area contributed by atoms with Gasteiger partial charge >= 0.3 is 0 Å². The fourth-order valence-corrected chi connectivity index (χ4v) is 2.13. The molecule has 3 aromatic carbocycles. The van der Waals surface area contributed by atoms with Gasteiger partial charge in [-0.2, -0.15) is 0 Å². The number of hydrogen-bond acceptors (Lipinski definition) is 1. The molecule has 1 nitrogen and oxygen atoms in total. The van der Waals surface area contributed by atoms with Gasteiger partial charge in [0, 0.05) is 11.3 Å². The van der Waals surface area contributed by atoms with Crippen molar-refractivity contribution in [3.8, 4) is 11.1 Å². The van der Waals surface area contributed by atoms with Crippen molar-refractivity contribution in [2.24, 2.45) is 0 Å². The third kappa shape index (κ3) is 1.82. The van der Waals surface area contributed by atoms with Crippen molar-refractivity contribution in [2.75, 3.05) is 5.73 Å². The molecule has 0 aliphatic heterocycles. The van der Waals surface area contributed by atoms with Crippen LogP contribution < -0.4 is 5.73 Å². The molecule has 0 bridgehead atoms. The fraction of sp³-hybridized carbons (Fsp3) is 0. The lowest BCUT2D eigenvalue weighted by atomic mass is 10.0. The smallest absolute Gasteiger partial charge is 0.131 e. The highest BCUT2D eigenvalue weighted by Crippen LogP contribution is 2.27. The van der Waals surface area contributed by atoms with E-state index in [-0.39, 0.29) is 5.82 Å². The predicted octanol–water partition coefficient (Wildman–Crippen LogP) is 4.23. The van der Waals surface area contributed by atoms with Gasteiger partial charge in [-0.15, -0.1) is 0 Å². The molecule has 0 fully saturated rings. The molecule has 0 heterocycles. The molecular formula is C16H12FN. The normalized spacial score (nSPS) is 10.7. The van der Waals surface area contributed by atoms with Gasteiger partial charge in [0.05, 0.1) is 0 Å². The molecule has 0 saturated carbocycles. The first-order chi connectivity index (χ1) is 8.74. The maximum Gasteiger partial charge on any atom is 0.131 e. The van der Waals surface area contributed by atoms with Crippen LogP contribution in [0.3, 0.4) is 0 Å². The van der Waals surface area contributed by atoms with Gasteiger partial charge in [-0.05, 0) is 40.6 Å². The van der Waals surface area contributed by atoms with Gasteiger partial charge in [-0.25, -0.2) is 4.39 Å². The zero-order chi connectivity index (χ0) is 12.5. The third-order valence-corrected chi connectivity index (χ3v) is 3.05. The second-order valence-electron chi connectivity index (χ2n) is 4.30. The highest BCUT2D eigenvalue weighted by molar-refractivity contribution is 5.89. The first-order valence-electron chi connectivity index (χ1n) is 5.78. The Hall–Kier alpha value is -2.35. The molecule has 2 heteroatoms. The molecule has 0 saturated heterocycles. The summed E-state index contributed by atoms with van der Waals surface area (Å²) in [5.74, 6) is -0.202. The van der Waals surface area contributed by atoms with E-state index in [1.807, 2.05) is 42.5 Å². The van der Waals surface area contributed by atoms with Crippen LogP contribution in [0.1, 0.15) is 0 Å². The standard InChI is InChI=1S/C16H12FN/c17-16-4-2-1-3-15(16)13-6-5-12-10-14(18)8-7-11(12)9-13/h1-10H,18H2. The van der Waals surface area contributed by atoms with Gasteiger partial charge in [-0.3, -0.25) is 0 Å². The largest absolute Gasteiger partial charge is 0.399 e. The highest BCUT2D eigenvalue weighted by Gasteiger charge is 2.04. The van der Waals surface area contributed by atoms with E-state index in [0.717, 1.165) is 22.0 Å². The molecule has 0 amide bonds. The molecule has 0 aliphatic carbocycles. The van der Waals surface area contributed by atoms with Crippen molar-refractivity contribution in [2.45, 2.75) is 0 Å². The lowest BCUT2D eigenvalue weighted by Gasteiger charge is -2.06. The quantitative estimate of drug-likeness (QED) is 0.630. The van der Waals surface area contributed by atoms with E-state index >= 15 is 0 Å². The van der Waals surface area contributed by atoms with Crippen molar-refractivity contribution in [3.05, 3.63) is 66.5 Å². The van der Waals surface area contributed by atoms with E-state index in [1.165, 1.54) is 6.07 Å². The Morgan fingerprint density at radius 1 is 0.778 bits per heavy atom. The third-order valence-electron chi connectivity index (χ3n) is 3.05. The van der Waals surface area contributed by atoms with Crippen LogP contribution in [0.4, 0.5) is 10.1 Å². The SMILES string of the molecule is Nc1ccc2cc(-c3ccccc3F)ccc2c1. The van der Waals surface area contributed by atoms with Gasteiger partial charge in [0.2, 0.25) is 0 Å². The molecule has 18 heavy (non-hydrogen) atoms. The summed E-state index contributed by atoms with van der Waals surface area (Å²) in [4.78, 5) is 0. The van der Waals surface area contributed by atoms with E-state index in [2.05, 4.69) is 0 Å². The second-order valence-corrected chi connectivity index (χ2v) is 4.30. The second kappa shape index (κ2) is 4.15. The number of nitrogens with two attached hydrogens (primary N) is 1. The summed E-state index contributed by atoms with van der Waals surface area (Å²) >= 11 is 0. The Bertz CT molecular complexity index is 719. The zero-order valence-electron chi connectivity index (χ0n) is 9.73. The van der Waals surface area contributed by atoms with Gasteiger partial charge in [0.1, 0.15) is 5.82 Å². The van der Waals surface area contributed by atoms with Crippen molar-refractivity contribution in [1.29, 1.82) is 0 Å². The van der Waals surface area contributed by atoms with E-state index in [4.69, 9.17) is 5.73 Å². The molecule has 0 spiro atoms. The molecule has 0 atom stereocenters. The maximum absolute atomic E-state index is 13.7. The monoisotopic (exact) mass is 237 g/mol. The van der Waals surface area contributed by atoms with Crippen LogP contribution in [0, 0.1) is 5.82 Å². The predicted molar refractivity (Wildman–Crippen MR) is 73.8 cm³/mol. The maximum atomic E-state index is 13.7. The van der Waals surface area contributed by atoms with Crippen molar-refractivity contribution >= 4 is 16.5 Å². The molecule has 3 aromatic rings. The number of hydrogen-bond donors (Lipinski definition) is 1. The summed E-state index contributed by atoms with van der Waals surface area (Å²) < 4.78 is 13.7. The van der Waals surface area contributed by atoms with Crippen molar-refractivity contribution in [3.63, 3.8) is 0 Å². The number of fused-ring (bicyclic) bond motifs is 1. The Labute approximate surface area is 105 Å². The van der Waals surface area contributed by atoms with Crippen molar-refractivity contribution < 1.29 is 4.39 Å². The van der Waals surface area contributed by atoms with Crippen LogP contribution in [-0.2, 0) is 0 Å². The Morgan fingerprint density at radius 3 is 2.33 bits per heavy atom. The number of halogens is 1. The molecule has 3 rings (SSSR count). The van der Waals surface area contributed by atoms with Crippen LogP contribution in [0.2, 0.25) is 0 Å². The van der Waals surface area contributed by atoms with Gasteiger partial charge in [-0.1, -0.05) is 36.4 Å². The summed E-state index contributed by atoms with van der Waals surface area (Å²) in [7, 11) is 0. The Balaban J connectivity index is 2.20. The summed E-state index contributed by atoms with van der Waals surface area (Å²) in [6.45, 7) is 0. The summed E-state index contributed by atoms with van der Waals surface area (Å²) in [5, 5.41) is 2.13. The molecule has 0 aliphatic rings. The fourth-order valence-electron chi connectivity index (χ4n) is 2.13. The van der Waals surface area contributed by atoms with E-state index in [1.54, 1.807) is 12.1 Å². The zero-order valence-corrected chi connectivity index (χ0v) is 9.73. The summed E-state index contributed by atoms with van der Waals surface area (Å²) in [6.07, 6.45) is 0. The minimum atomic E-state index is -0.202. The van der Waals surface area contributed by atoms with E-state index in [0.29, 0.717) is 5.56 Å². The Kier molecular flexibility index (Phi) is 2.49. The topological polar surface area (TPSA) is 26.0 Å². The molecule has 2 N–H and O–H groups in total. The molecule has 0 unspecified atom stereocenters. The lowest BCUT2D eigenvalue weighted by molar-refractivity contribution is 0.631. The van der Waals surface area contributed by atoms with Gasteiger partial charge in [0.15, 0.2) is 0 Å². The van der Waals surface area contributed by atoms with Crippen LogP contribution in [0.25, 0.3) is 21.9 Å². The molecule has 0 radical (unpaired) electrons. The summed E-state index contributed by atoms with van der Waals surface area (Å²) in [5.41, 5.74) is 7.98. The van der Waals surface area contributed by atoms with E-state index < -0.39 is 0 Å². The first-order valence-corrected chi connectivity index (χ1v) is 5.78. The average Bonchev–Trinajstić information content (AvgIpc) is 2.39. The van der Waals surface area contributed by atoms with E-state index in [9.17, 15) is 4.39 Å². The number of benzene rings is 3. The highest BCUT2D eigenvalue weighted by atomic mass is 19.1. The lowest BCUT2D eigenvalue weighted by Crippen LogP contribution is -1.86. The van der Waals surface area contributed by atoms with Crippen molar-refractivity contribution in [1.82, 2.24) is 0 Å². The minimum Gasteiger partial charge on any atom is -0.399 e.